The molecule has 3 heterocycles. The second-order valence-electron chi connectivity index (χ2n) is 5.62. The van der Waals surface area contributed by atoms with Gasteiger partial charge >= 0.3 is 0 Å². The third-order valence-corrected chi connectivity index (χ3v) is 3.94. The molecular formula is C16H21N5O. The Labute approximate surface area is 130 Å². The van der Waals surface area contributed by atoms with Gasteiger partial charge in [0.1, 0.15) is 5.82 Å². The Morgan fingerprint density at radius 1 is 1.00 bits per heavy atom. The van der Waals surface area contributed by atoms with Crippen LogP contribution in [-0.4, -0.2) is 29.7 Å². The molecule has 0 amide bonds. The van der Waals surface area contributed by atoms with Gasteiger partial charge < -0.3 is 21.1 Å². The smallest absolute Gasteiger partial charge is 0.213 e. The lowest BCUT2D eigenvalue weighted by Crippen LogP contribution is -2.36. The zero-order valence-electron chi connectivity index (χ0n) is 12.5. The lowest BCUT2D eigenvalue weighted by molar-refractivity contribution is 0.216. The molecule has 4 N–H and O–H groups in total. The van der Waals surface area contributed by atoms with Gasteiger partial charge in [-0.2, -0.15) is 0 Å². The molecule has 0 atom stereocenters. The van der Waals surface area contributed by atoms with E-state index in [4.69, 9.17) is 16.2 Å². The van der Waals surface area contributed by atoms with E-state index in [-0.39, 0.29) is 0 Å². The predicted octanol–water partition coefficient (Wildman–Crippen LogP) is 1.94. The lowest BCUT2D eigenvalue weighted by atomic mass is 9.98. The van der Waals surface area contributed by atoms with E-state index in [1.54, 1.807) is 18.5 Å². The largest absolute Gasteiger partial charge is 0.477 e. The highest BCUT2D eigenvalue weighted by atomic mass is 16.5. The minimum absolute atomic E-state index is 0.546. The van der Waals surface area contributed by atoms with E-state index in [9.17, 15) is 0 Å². The molecule has 2 aromatic rings. The molecule has 0 bridgehead atoms. The summed E-state index contributed by atoms with van der Waals surface area (Å²) >= 11 is 0. The zero-order chi connectivity index (χ0) is 15.4. The van der Waals surface area contributed by atoms with Crippen molar-refractivity contribution in [3.63, 3.8) is 0 Å². The van der Waals surface area contributed by atoms with Gasteiger partial charge in [-0.3, -0.25) is 0 Å². The standard InChI is InChI=1S/C16H21N5O/c17-13-1-3-15(19-9-13)21-7-5-12(6-8-21)11-22-16-4-2-14(18)10-20-16/h1-4,9-10,12H,5-8,11,17-18H2. The molecule has 1 aliphatic heterocycles. The average Bonchev–Trinajstić information content (AvgIpc) is 2.56. The molecule has 2 aromatic heterocycles. The molecule has 6 heteroatoms. The van der Waals surface area contributed by atoms with E-state index in [1.807, 2.05) is 18.2 Å². The Hall–Kier alpha value is -2.50. The van der Waals surface area contributed by atoms with Crippen LogP contribution in [0.4, 0.5) is 17.2 Å². The summed E-state index contributed by atoms with van der Waals surface area (Å²) < 4.78 is 5.74. The Morgan fingerprint density at radius 2 is 1.68 bits per heavy atom. The van der Waals surface area contributed by atoms with Crippen LogP contribution in [-0.2, 0) is 0 Å². The molecule has 0 aromatic carbocycles. The number of nitrogens with two attached hydrogens (primary N) is 2. The first-order valence-corrected chi connectivity index (χ1v) is 7.51. The number of ether oxygens (including phenoxy) is 1. The molecule has 0 spiro atoms. The number of hydrogen-bond acceptors (Lipinski definition) is 6. The van der Waals surface area contributed by atoms with Gasteiger partial charge in [-0.25, -0.2) is 9.97 Å². The topological polar surface area (TPSA) is 90.3 Å². The van der Waals surface area contributed by atoms with Crippen molar-refractivity contribution in [1.82, 2.24) is 9.97 Å². The number of piperidine rings is 1. The summed E-state index contributed by atoms with van der Waals surface area (Å²) in [6, 6.07) is 7.48. The molecule has 1 saturated heterocycles. The lowest BCUT2D eigenvalue weighted by Gasteiger charge is -2.32. The van der Waals surface area contributed by atoms with Crippen molar-refractivity contribution in [2.45, 2.75) is 12.8 Å². The molecule has 1 aliphatic rings. The Bertz CT molecular complexity index is 591. The molecule has 3 rings (SSSR count). The van der Waals surface area contributed by atoms with Crippen molar-refractivity contribution in [2.24, 2.45) is 5.92 Å². The molecule has 0 aliphatic carbocycles. The first kappa shape index (κ1) is 14.4. The molecule has 1 fully saturated rings. The van der Waals surface area contributed by atoms with Gasteiger partial charge in [0, 0.05) is 19.2 Å². The minimum Gasteiger partial charge on any atom is -0.477 e. The summed E-state index contributed by atoms with van der Waals surface area (Å²) in [7, 11) is 0. The number of rotatable bonds is 4. The highest BCUT2D eigenvalue weighted by Gasteiger charge is 2.20. The zero-order valence-corrected chi connectivity index (χ0v) is 12.5. The number of hydrogen-bond donors (Lipinski definition) is 2. The second-order valence-corrected chi connectivity index (χ2v) is 5.62. The quantitative estimate of drug-likeness (QED) is 0.896. The minimum atomic E-state index is 0.546. The number of nitrogens with zero attached hydrogens (tertiary/aromatic N) is 3. The van der Waals surface area contributed by atoms with Crippen molar-refractivity contribution in [3.8, 4) is 5.88 Å². The summed E-state index contributed by atoms with van der Waals surface area (Å²) in [4.78, 5) is 10.8. The van der Waals surface area contributed by atoms with Crippen molar-refractivity contribution in [1.29, 1.82) is 0 Å². The molecule has 116 valence electrons. The fourth-order valence-electron chi connectivity index (χ4n) is 2.59. The van der Waals surface area contributed by atoms with Crippen LogP contribution in [0.1, 0.15) is 12.8 Å². The van der Waals surface area contributed by atoms with E-state index in [0.717, 1.165) is 31.7 Å². The fourth-order valence-corrected chi connectivity index (χ4v) is 2.59. The average molecular weight is 299 g/mol. The van der Waals surface area contributed by atoms with Crippen LogP contribution in [0.15, 0.2) is 36.7 Å². The van der Waals surface area contributed by atoms with Crippen molar-refractivity contribution >= 4 is 17.2 Å². The maximum Gasteiger partial charge on any atom is 0.213 e. The van der Waals surface area contributed by atoms with Gasteiger partial charge in [0.05, 0.1) is 30.4 Å². The Kier molecular flexibility index (Phi) is 4.27. The first-order valence-electron chi connectivity index (χ1n) is 7.51. The van der Waals surface area contributed by atoms with E-state index < -0.39 is 0 Å². The molecule has 0 saturated carbocycles. The normalized spacial score (nSPS) is 15.7. The van der Waals surface area contributed by atoms with E-state index in [1.165, 1.54) is 0 Å². The maximum absolute atomic E-state index is 5.74. The SMILES string of the molecule is Nc1ccc(OCC2CCN(c3ccc(N)cn3)CC2)nc1. The maximum atomic E-state index is 5.74. The second kappa shape index (κ2) is 6.51. The highest BCUT2D eigenvalue weighted by Crippen LogP contribution is 2.23. The third-order valence-electron chi connectivity index (χ3n) is 3.94. The summed E-state index contributed by atoms with van der Waals surface area (Å²) in [6.45, 7) is 2.67. The molecule has 0 radical (unpaired) electrons. The number of pyridine rings is 2. The number of anilines is 3. The van der Waals surface area contributed by atoms with Crippen molar-refractivity contribution in [3.05, 3.63) is 36.7 Å². The monoisotopic (exact) mass is 299 g/mol. The first-order chi connectivity index (χ1) is 10.7. The molecule has 0 unspecified atom stereocenters. The number of aromatic nitrogens is 2. The van der Waals surface area contributed by atoms with Gasteiger partial charge in [0.15, 0.2) is 0 Å². The van der Waals surface area contributed by atoms with Crippen molar-refractivity contribution < 1.29 is 4.74 Å². The Morgan fingerprint density at radius 3 is 2.27 bits per heavy atom. The van der Waals surface area contributed by atoms with Crippen LogP contribution < -0.4 is 21.1 Å². The van der Waals surface area contributed by atoms with Gasteiger partial charge in [-0.05, 0) is 37.0 Å². The van der Waals surface area contributed by atoms with Crippen LogP contribution in [0.2, 0.25) is 0 Å². The summed E-state index contributed by atoms with van der Waals surface area (Å²) in [5.74, 6) is 2.18. The van der Waals surface area contributed by atoms with E-state index in [2.05, 4.69) is 14.9 Å². The Balaban J connectivity index is 1.47. The van der Waals surface area contributed by atoms with E-state index in [0.29, 0.717) is 29.8 Å². The van der Waals surface area contributed by atoms with Crippen LogP contribution >= 0.6 is 0 Å². The summed E-state index contributed by atoms with van der Waals surface area (Å²) in [5.41, 5.74) is 12.6. The molecule has 6 nitrogen and oxygen atoms in total. The van der Waals surface area contributed by atoms with Crippen LogP contribution in [0.3, 0.4) is 0 Å². The molecular weight excluding hydrogens is 278 g/mol. The predicted molar refractivity (Wildman–Crippen MR) is 87.7 cm³/mol. The van der Waals surface area contributed by atoms with E-state index >= 15 is 0 Å². The van der Waals surface area contributed by atoms with Gasteiger partial charge in [0.2, 0.25) is 5.88 Å². The highest BCUT2D eigenvalue weighted by molar-refractivity contribution is 5.46. The van der Waals surface area contributed by atoms with Crippen LogP contribution in [0.5, 0.6) is 5.88 Å². The van der Waals surface area contributed by atoms with Crippen molar-refractivity contribution in [2.75, 3.05) is 36.1 Å². The van der Waals surface area contributed by atoms with Gasteiger partial charge in [-0.15, -0.1) is 0 Å². The molecule has 22 heavy (non-hydrogen) atoms. The van der Waals surface area contributed by atoms with Gasteiger partial charge in [-0.1, -0.05) is 0 Å². The van der Waals surface area contributed by atoms with Crippen LogP contribution in [0, 0.1) is 5.92 Å². The summed E-state index contributed by atoms with van der Waals surface area (Å²) in [6.07, 6.45) is 5.49. The fraction of sp³-hybridized carbons (Fsp3) is 0.375. The number of nitrogen functional groups attached to an aromatic ring is 2. The van der Waals surface area contributed by atoms with Crippen LogP contribution in [0.25, 0.3) is 0 Å². The van der Waals surface area contributed by atoms with Gasteiger partial charge in [0.25, 0.3) is 0 Å². The third kappa shape index (κ3) is 3.58. The summed E-state index contributed by atoms with van der Waals surface area (Å²) in [5, 5.41) is 0.